The molecule has 0 aliphatic carbocycles. The molecule has 0 aliphatic heterocycles. The highest BCUT2D eigenvalue weighted by Gasteiger charge is 2.10. The quantitative estimate of drug-likeness (QED) is 0.416. The van der Waals surface area contributed by atoms with E-state index in [1.165, 1.54) is 0 Å². The first-order valence-electron chi connectivity index (χ1n) is 10.4. The van der Waals surface area contributed by atoms with Crippen molar-refractivity contribution in [3.05, 3.63) is 102 Å². The van der Waals surface area contributed by atoms with Crippen LogP contribution in [0.15, 0.2) is 84.9 Å². The van der Waals surface area contributed by atoms with Crippen molar-refractivity contribution in [1.82, 2.24) is 0 Å². The van der Waals surface area contributed by atoms with Gasteiger partial charge in [0.25, 0.3) is 11.8 Å². The third kappa shape index (κ3) is 4.78. The molecule has 0 aromatic heterocycles. The fourth-order valence-electron chi connectivity index (χ4n) is 3.45. The first-order valence-corrected chi connectivity index (χ1v) is 10.4. The number of anilines is 2. The van der Waals surface area contributed by atoms with Crippen LogP contribution in [0.1, 0.15) is 21.5 Å². The van der Waals surface area contributed by atoms with Crippen molar-refractivity contribution in [3.8, 4) is 5.75 Å². The molecule has 160 valence electrons. The number of nitrogens with one attached hydrogen (secondary N) is 2. The normalized spacial score (nSPS) is 10.6. The maximum absolute atomic E-state index is 12.5. The van der Waals surface area contributed by atoms with Gasteiger partial charge < -0.3 is 15.4 Å². The molecule has 0 atom stereocenters. The van der Waals surface area contributed by atoms with Crippen LogP contribution in [0.25, 0.3) is 10.8 Å². The van der Waals surface area contributed by atoms with Crippen molar-refractivity contribution in [2.45, 2.75) is 13.8 Å². The molecule has 0 saturated heterocycles. The lowest BCUT2D eigenvalue weighted by Crippen LogP contribution is -2.20. The summed E-state index contributed by atoms with van der Waals surface area (Å²) in [5.41, 5.74) is 4.21. The van der Waals surface area contributed by atoms with E-state index in [1.807, 2.05) is 74.5 Å². The third-order valence-corrected chi connectivity index (χ3v) is 5.40. The molecule has 32 heavy (non-hydrogen) atoms. The molecule has 4 aromatic carbocycles. The maximum Gasteiger partial charge on any atom is 0.262 e. The second-order valence-corrected chi connectivity index (χ2v) is 7.59. The number of carbonyl (C=O) groups excluding carboxylic acids is 2. The van der Waals surface area contributed by atoms with Crippen molar-refractivity contribution >= 4 is 34.0 Å². The summed E-state index contributed by atoms with van der Waals surface area (Å²) >= 11 is 0. The van der Waals surface area contributed by atoms with Crippen molar-refractivity contribution < 1.29 is 14.3 Å². The highest BCUT2D eigenvalue weighted by molar-refractivity contribution is 6.05. The van der Waals surface area contributed by atoms with Gasteiger partial charge in [-0.15, -0.1) is 0 Å². The summed E-state index contributed by atoms with van der Waals surface area (Å²) in [5.74, 6) is 0.0680. The minimum absolute atomic E-state index is 0.128. The number of carbonyl (C=O) groups is 2. The lowest BCUT2D eigenvalue weighted by molar-refractivity contribution is -0.118. The molecular weight excluding hydrogens is 400 g/mol. The van der Waals surface area contributed by atoms with Gasteiger partial charge in [0.05, 0.1) is 0 Å². The number of fused-ring (bicyclic) bond motifs is 1. The van der Waals surface area contributed by atoms with Crippen LogP contribution >= 0.6 is 0 Å². The first kappa shape index (κ1) is 21.1. The van der Waals surface area contributed by atoms with Crippen molar-refractivity contribution in [1.29, 1.82) is 0 Å². The van der Waals surface area contributed by atoms with Gasteiger partial charge in [0.1, 0.15) is 5.75 Å². The van der Waals surface area contributed by atoms with Gasteiger partial charge in [0, 0.05) is 22.3 Å². The molecule has 5 heteroatoms. The minimum Gasteiger partial charge on any atom is -0.484 e. The fraction of sp³-hybridized carbons (Fsp3) is 0.111. The predicted molar refractivity (Wildman–Crippen MR) is 128 cm³/mol. The molecule has 5 nitrogen and oxygen atoms in total. The topological polar surface area (TPSA) is 67.4 Å². The van der Waals surface area contributed by atoms with Gasteiger partial charge in [0.2, 0.25) is 0 Å². The Labute approximate surface area is 187 Å². The molecule has 2 N–H and O–H groups in total. The van der Waals surface area contributed by atoms with E-state index in [-0.39, 0.29) is 18.4 Å². The van der Waals surface area contributed by atoms with E-state index in [0.29, 0.717) is 11.3 Å². The molecule has 0 heterocycles. The van der Waals surface area contributed by atoms with E-state index < -0.39 is 0 Å². The summed E-state index contributed by atoms with van der Waals surface area (Å²) in [6.07, 6.45) is 0. The number of rotatable bonds is 6. The molecule has 0 spiro atoms. The average molecular weight is 425 g/mol. The zero-order valence-electron chi connectivity index (χ0n) is 18.0. The van der Waals surface area contributed by atoms with Crippen LogP contribution in [-0.2, 0) is 4.79 Å². The Kier molecular flexibility index (Phi) is 6.17. The summed E-state index contributed by atoms with van der Waals surface area (Å²) in [4.78, 5) is 24.9. The van der Waals surface area contributed by atoms with E-state index in [2.05, 4.69) is 10.6 Å². The predicted octanol–water partition coefficient (Wildman–Crippen LogP) is 5.73. The lowest BCUT2D eigenvalue weighted by atomic mass is 10.1. The Morgan fingerprint density at radius 3 is 2.25 bits per heavy atom. The molecular formula is C27H24N2O3. The van der Waals surface area contributed by atoms with Crippen LogP contribution in [0.5, 0.6) is 5.75 Å². The van der Waals surface area contributed by atoms with Gasteiger partial charge in [-0.3, -0.25) is 9.59 Å². The third-order valence-electron chi connectivity index (χ3n) is 5.40. The summed E-state index contributed by atoms with van der Waals surface area (Å²) in [5, 5.41) is 7.86. The summed E-state index contributed by atoms with van der Waals surface area (Å²) in [7, 11) is 0. The molecule has 0 bridgehead atoms. The largest absolute Gasteiger partial charge is 0.484 e. The zero-order valence-corrected chi connectivity index (χ0v) is 18.0. The molecule has 2 amide bonds. The van der Waals surface area contributed by atoms with E-state index in [1.54, 1.807) is 24.3 Å². The smallest absolute Gasteiger partial charge is 0.262 e. The van der Waals surface area contributed by atoms with E-state index in [0.717, 1.165) is 33.3 Å². The fourth-order valence-corrected chi connectivity index (χ4v) is 3.45. The van der Waals surface area contributed by atoms with Crippen LogP contribution < -0.4 is 15.4 Å². The van der Waals surface area contributed by atoms with Crippen LogP contribution in [-0.4, -0.2) is 18.4 Å². The van der Waals surface area contributed by atoms with E-state index in [9.17, 15) is 9.59 Å². The minimum atomic E-state index is -0.252. The van der Waals surface area contributed by atoms with Gasteiger partial charge in [-0.05, 0) is 66.8 Å². The Morgan fingerprint density at radius 1 is 0.750 bits per heavy atom. The Balaban J connectivity index is 1.35. The van der Waals surface area contributed by atoms with Crippen LogP contribution in [0, 0.1) is 13.8 Å². The second kappa shape index (κ2) is 9.35. The van der Waals surface area contributed by atoms with Gasteiger partial charge in [-0.1, -0.05) is 48.5 Å². The summed E-state index contributed by atoms with van der Waals surface area (Å²) in [6, 6.07) is 26.2. The Bertz CT molecular complexity index is 1270. The summed E-state index contributed by atoms with van der Waals surface area (Å²) in [6.45, 7) is 3.86. The van der Waals surface area contributed by atoms with Gasteiger partial charge in [-0.2, -0.15) is 0 Å². The highest BCUT2D eigenvalue weighted by atomic mass is 16.5. The van der Waals surface area contributed by atoms with E-state index in [4.69, 9.17) is 4.74 Å². The number of hydrogen-bond donors (Lipinski definition) is 2. The monoisotopic (exact) mass is 424 g/mol. The standard InChI is InChI=1S/C27H24N2O3/c1-18-7-5-11-24(19(18)2)29-27(31)21-13-15-22(16-14-21)32-17-26(30)28-25-12-6-9-20-8-3-4-10-23(20)25/h3-16H,17H2,1-2H3,(H,28,30)(H,29,31). The number of aryl methyl sites for hydroxylation is 1. The molecule has 0 unspecified atom stereocenters. The number of benzene rings is 4. The SMILES string of the molecule is Cc1cccc(NC(=O)c2ccc(OCC(=O)Nc3cccc4ccccc34)cc2)c1C. The molecule has 0 aliphatic rings. The Morgan fingerprint density at radius 2 is 1.44 bits per heavy atom. The second-order valence-electron chi connectivity index (χ2n) is 7.59. The average Bonchev–Trinajstić information content (AvgIpc) is 2.81. The number of ether oxygens (including phenoxy) is 1. The van der Waals surface area contributed by atoms with E-state index >= 15 is 0 Å². The molecule has 0 radical (unpaired) electrons. The van der Waals surface area contributed by atoms with Gasteiger partial charge in [-0.25, -0.2) is 0 Å². The number of hydrogen-bond acceptors (Lipinski definition) is 3. The molecule has 0 fully saturated rings. The molecule has 4 rings (SSSR count). The zero-order chi connectivity index (χ0) is 22.5. The Hall–Kier alpha value is -4.12. The van der Waals surface area contributed by atoms with Crippen LogP contribution in [0.4, 0.5) is 11.4 Å². The highest BCUT2D eigenvalue weighted by Crippen LogP contribution is 2.23. The number of amides is 2. The van der Waals surface area contributed by atoms with Crippen molar-refractivity contribution in [2.24, 2.45) is 0 Å². The first-order chi connectivity index (χ1) is 15.5. The van der Waals surface area contributed by atoms with Crippen molar-refractivity contribution in [2.75, 3.05) is 17.2 Å². The van der Waals surface area contributed by atoms with Crippen LogP contribution in [0.2, 0.25) is 0 Å². The molecule has 0 saturated carbocycles. The summed E-state index contributed by atoms with van der Waals surface area (Å²) < 4.78 is 5.60. The van der Waals surface area contributed by atoms with Crippen molar-refractivity contribution in [3.63, 3.8) is 0 Å². The van der Waals surface area contributed by atoms with Gasteiger partial charge >= 0.3 is 0 Å². The van der Waals surface area contributed by atoms with Crippen LogP contribution in [0.3, 0.4) is 0 Å². The molecule has 4 aromatic rings. The van der Waals surface area contributed by atoms with Gasteiger partial charge in [0.15, 0.2) is 6.61 Å². The maximum atomic E-state index is 12.5. The lowest BCUT2D eigenvalue weighted by Gasteiger charge is -2.11.